The van der Waals surface area contributed by atoms with E-state index in [1.54, 1.807) is 18.8 Å². The normalized spacial score (nSPS) is 11.9. The number of hydrogen-bond acceptors (Lipinski definition) is 3. The molecular weight excluding hydrogens is 328 g/mol. The van der Waals surface area contributed by atoms with E-state index in [-0.39, 0.29) is 5.91 Å². The van der Waals surface area contributed by atoms with Crippen LogP contribution in [0.3, 0.4) is 0 Å². The summed E-state index contributed by atoms with van der Waals surface area (Å²) in [4.78, 5) is 19.1. The minimum Gasteiger partial charge on any atom is -0.355 e. The number of carbonyl (C=O) groups is 1. The molecule has 0 radical (unpaired) electrons. The van der Waals surface area contributed by atoms with Crippen molar-refractivity contribution in [3.8, 4) is 0 Å². The van der Waals surface area contributed by atoms with Crippen LogP contribution in [-0.4, -0.2) is 18.7 Å². The first-order valence-electron chi connectivity index (χ1n) is 8.94. The summed E-state index contributed by atoms with van der Waals surface area (Å²) in [6, 6.07) is 14.2. The summed E-state index contributed by atoms with van der Waals surface area (Å²) in [6.45, 7) is 6.19. The number of carbonyl (C=O) groups excluding carboxylic acids is 1. The van der Waals surface area contributed by atoms with Crippen molar-refractivity contribution in [1.29, 1.82) is 0 Å². The zero-order valence-electron chi connectivity index (χ0n) is 15.4. The fourth-order valence-corrected chi connectivity index (χ4v) is 3.65. The van der Waals surface area contributed by atoms with Crippen molar-refractivity contribution in [3.05, 3.63) is 53.6 Å². The highest BCUT2D eigenvalue weighted by Gasteiger charge is 2.18. The van der Waals surface area contributed by atoms with Crippen LogP contribution in [0.2, 0.25) is 0 Å². The summed E-state index contributed by atoms with van der Waals surface area (Å²) in [7, 11) is 1.65. The summed E-state index contributed by atoms with van der Waals surface area (Å²) in [6.07, 6.45) is 3.21. The molecule has 3 rings (SSSR count). The van der Waals surface area contributed by atoms with Gasteiger partial charge in [-0.2, -0.15) is 0 Å². The quantitative estimate of drug-likeness (QED) is 0.748. The summed E-state index contributed by atoms with van der Waals surface area (Å²) in [5.41, 5.74) is 3.86. The maximum absolute atomic E-state index is 11.9. The molecule has 4 heteroatoms. The Morgan fingerprint density at radius 2 is 1.88 bits per heavy atom. The molecule has 0 bridgehead atoms. The zero-order chi connectivity index (χ0) is 18.2. The van der Waals surface area contributed by atoms with Crippen LogP contribution in [0.15, 0.2) is 57.2 Å². The van der Waals surface area contributed by atoms with Crippen molar-refractivity contribution >= 4 is 29.1 Å². The largest absolute Gasteiger partial charge is 0.355 e. The third-order valence-corrected chi connectivity index (χ3v) is 5.03. The lowest BCUT2D eigenvalue weighted by Gasteiger charge is -2.07. The maximum atomic E-state index is 11.9. The Kier molecular flexibility index (Phi) is 7.26. The van der Waals surface area contributed by atoms with Crippen molar-refractivity contribution in [2.75, 3.05) is 7.05 Å². The van der Waals surface area contributed by atoms with Gasteiger partial charge in [0.1, 0.15) is 0 Å². The van der Waals surface area contributed by atoms with Crippen LogP contribution in [0.5, 0.6) is 0 Å². The number of fused-ring (bicyclic) bond motifs is 2. The van der Waals surface area contributed by atoms with Gasteiger partial charge in [0.05, 0.1) is 5.69 Å². The second-order valence-electron chi connectivity index (χ2n) is 5.52. The number of rotatable bonds is 4. The highest BCUT2D eigenvalue weighted by Crippen LogP contribution is 2.41. The standard InChI is InChI=1S/C19H20N2OS.C2H6/c1-3-4-8-15-14-7-5-6-9-17(14)23-18-11-10-13(19(22)20-2)12-16(18)21-15;1-2/h5-7,9-12H,3-4,8H2,1-2H3,(H,20,22);1-2H3. The molecule has 25 heavy (non-hydrogen) atoms. The first-order chi connectivity index (χ1) is 12.2. The second kappa shape index (κ2) is 9.42. The lowest BCUT2D eigenvalue weighted by Crippen LogP contribution is -2.17. The Bertz CT molecular complexity index is 768. The van der Waals surface area contributed by atoms with E-state index >= 15 is 0 Å². The molecule has 0 aromatic heterocycles. The van der Waals surface area contributed by atoms with Gasteiger partial charge >= 0.3 is 0 Å². The van der Waals surface area contributed by atoms with Gasteiger partial charge in [-0.05, 0) is 37.1 Å². The number of nitrogens with zero attached hydrogens (tertiary/aromatic N) is 1. The minimum absolute atomic E-state index is 0.0788. The van der Waals surface area contributed by atoms with Gasteiger partial charge in [-0.3, -0.25) is 9.79 Å². The van der Waals surface area contributed by atoms with Crippen molar-refractivity contribution < 1.29 is 4.79 Å². The van der Waals surface area contributed by atoms with E-state index in [9.17, 15) is 4.79 Å². The maximum Gasteiger partial charge on any atom is 0.251 e. The monoisotopic (exact) mass is 354 g/mol. The average Bonchev–Trinajstić information content (AvgIpc) is 2.83. The number of unbranched alkanes of at least 4 members (excludes halogenated alkanes) is 1. The van der Waals surface area contributed by atoms with E-state index in [1.165, 1.54) is 10.5 Å². The van der Waals surface area contributed by atoms with E-state index in [1.807, 2.05) is 32.0 Å². The average molecular weight is 355 g/mol. The highest BCUT2D eigenvalue weighted by molar-refractivity contribution is 7.99. The van der Waals surface area contributed by atoms with Crippen LogP contribution in [0, 0.1) is 0 Å². The lowest BCUT2D eigenvalue weighted by atomic mass is 10.0. The Balaban J connectivity index is 0.00000109. The smallest absolute Gasteiger partial charge is 0.251 e. The predicted molar refractivity (Wildman–Crippen MR) is 107 cm³/mol. The van der Waals surface area contributed by atoms with Gasteiger partial charge in [-0.15, -0.1) is 0 Å². The van der Waals surface area contributed by atoms with E-state index in [2.05, 4.69) is 36.5 Å². The molecule has 0 saturated heterocycles. The molecule has 0 spiro atoms. The number of nitrogens with one attached hydrogen (secondary N) is 1. The molecule has 1 aliphatic rings. The number of aliphatic imine (C=N–C) groups is 1. The van der Waals surface area contributed by atoms with Crippen molar-refractivity contribution in [2.45, 2.75) is 49.8 Å². The van der Waals surface area contributed by atoms with E-state index in [4.69, 9.17) is 4.99 Å². The number of hydrogen-bond donors (Lipinski definition) is 1. The van der Waals surface area contributed by atoms with E-state index in [0.717, 1.165) is 35.6 Å². The summed E-state index contributed by atoms with van der Waals surface area (Å²) >= 11 is 1.72. The van der Waals surface area contributed by atoms with Crippen LogP contribution in [0.4, 0.5) is 5.69 Å². The van der Waals surface area contributed by atoms with Gasteiger partial charge in [0, 0.05) is 33.7 Å². The Morgan fingerprint density at radius 3 is 2.60 bits per heavy atom. The van der Waals surface area contributed by atoms with Crippen LogP contribution >= 0.6 is 11.8 Å². The van der Waals surface area contributed by atoms with Gasteiger partial charge in [-0.1, -0.05) is 57.2 Å². The number of amides is 1. The van der Waals surface area contributed by atoms with Crippen molar-refractivity contribution in [1.82, 2.24) is 5.32 Å². The molecule has 0 atom stereocenters. The Hall–Kier alpha value is -2.07. The molecule has 1 heterocycles. The van der Waals surface area contributed by atoms with Crippen LogP contribution in [0.1, 0.15) is 56.0 Å². The third-order valence-electron chi connectivity index (χ3n) is 3.89. The van der Waals surface area contributed by atoms with Gasteiger partial charge in [-0.25, -0.2) is 0 Å². The molecule has 1 N–H and O–H groups in total. The fraction of sp³-hybridized carbons (Fsp3) is 0.333. The number of benzene rings is 2. The molecule has 3 nitrogen and oxygen atoms in total. The van der Waals surface area contributed by atoms with Crippen molar-refractivity contribution in [3.63, 3.8) is 0 Å². The minimum atomic E-state index is -0.0788. The van der Waals surface area contributed by atoms with Gasteiger partial charge in [0.2, 0.25) is 0 Å². The fourth-order valence-electron chi connectivity index (χ4n) is 2.63. The molecule has 1 amide bonds. The van der Waals surface area contributed by atoms with Crippen LogP contribution < -0.4 is 5.32 Å². The molecule has 2 aromatic carbocycles. The Labute approximate surface area is 155 Å². The SMILES string of the molecule is CC.CCCCC1=Nc2cc(C(=O)NC)ccc2Sc2ccccc21. The molecule has 132 valence electrons. The lowest BCUT2D eigenvalue weighted by molar-refractivity contribution is 0.0963. The van der Waals surface area contributed by atoms with Gasteiger partial charge in [0.15, 0.2) is 0 Å². The summed E-state index contributed by atoms with van der Waals surface area (Å²) in [5, 5.41) is 2.67. The topological polar surface area (TPSA) is 41.5 Å². The first kappa shape index (κ1) is 19.3. The van der Waals surface area contributed by atoms with Crippen molar-refractivity contribution in [2.24, 2.45) is 4.99 Å². The highest BCUT2D eigenvalue weighted by atomic mass is 32.2. The van der Waals surface area contributed by atoms with Crippen LogP contribution in [0.25, 0.3) is 0 Å². The summed E-state index contributed by atoms with van der Waals surface area (Å²) < 4.78 is 0. The second-order valence-corrected chi connectivity index (χ2v) is 6.61. The molecule has 0 saturated carbocycles. The van der Waals surface area contributed by atoms with Gasteiger partial charge < -0.3 is 5.32 Å². The molecule has 0 fully saturated rings. The molecule has 2 aromatic rings. The van der Waals surface area contributed by atoms with Gasteiger partial charge in [0.25, 0.3) is 5.91 Å². The molecular formula is C21H26N2OS. The molecule has 0 unspecified atom stereocenters. The molecule has 0 aliphatic carbocycles. The first-order valence-corrected chi connectivity index (χ1v) is 9.75. The predicted octanol–water partition coefficient (Wildman–Crippen LogP) is 5.85. The summed E-state index contributed by atoms with van der Waals surface area (Å²) in [5.74, 6) is -0.0788. The Morgan fingerprint density at radius 1 is 1.12 bits per heavy atom. The van der Waals surface area contributed by atoms with E-state index < -0.39 is 0 Å². The van der Waals surface area contributed by atoms with E-state index in [0.29, 0.717) is 5.56 Å². The van der Waals surface area contributed by atoms with Crippen LogP contribution in [-0.2, 0) is 0 Å². The molecule has 1 aliphatic heterocycles. The third kappa shape index (κ3) is 4.51. The zero-order valence-corrected chi connectivity index (χ0v) is 16.2.